The van der Waals surface area contributed by atoms with E-state index >= 15 is 0 Å². The summed E-state index contributed by atoms with van der Waals surface area (Å²) in [6, 6.07) is 12.1. The van der Waals surface area contributed by atoms with Crippen LogP contribution in [0.15, 0.2) is 53.6 Å². The van der Waals surface area contributed by atoms with Crippen molar-refractivity contribution in [2.75, 3.05) is 18.6 Å². The van der Waals surface area contributed by atoms with Crippen molar-refractivity contribution < 1.29 is 23.5 Å². The Morgan fingerprint density at radius 3 is 2.50 bits per heavy atom. The molecule has 0 spiro atoms. The maximum atomic E-state index is 13.0. The van der Waals surface area contributed by atoms with E-state index in [-0.39, 0.29) is 24.8 Å². The third kappa shape index (κ3) is 4.40. The van der Waals surface area contributed by atoms with Crippen LogP contribution in [0.25, 0.3) is 0 Å². The molecule has 1 fully saturated rings. The van der Waals surface area contributed by atoms with Gasteiger partial charge in [0.25, 0.3) is 0 Å². The molecule has 0 bridgehead atoms. The Kier molecular flexibility index (Phi) is 5.78. The fourth-order valence-corrected chi connectivity index (χ4v) is 2.84. The fraction of sp³-hybridized carbons (Fsp3) is 0.200. The fourth-order valence-electron chi connectivity index (χ4n) is 2.84. The lowest BCUT2D eigenvalue weighted by Crippen LogP contribution is -2.30. The summed E-state index contributed by atoms with van der Waals surface area (Å²) >= 11 is 0. The molecule has 144 valence electrons. The van der Waals surface area contributed by atoms with Gasteiger partial charge in [-0.15, -0.1) is 0 Å². The number of hydrogen-bond acceptors (Lipinski definition) is 5. The number of esters is 1. The van der Waals surface area contributed by atoms with E-state index in [0.29, 0.717) is 16.8 Å². The van der Waals surface area contributed by atoms with Gasteiger partial charge in [0.05, 0.1) is 24.8 Å². The van der Waals surface area contributed by atoms with Crippen LogP contribution in [-0.2, 0) is 14.3 Å². The van der Waals surface area contributed by atoms with Gasteiger partial charge in [0.2, 0.25) is 11.8 Å². The van der Waals surface area contributed by atoms with Crippen LogP contribution < -0.4 is 10.3 Å². The van der Waals surface area contributed by atoms with Crippen LogP contribution in [0.2, 0.25) is 0 Å². The van der Waals surface area contributed by atoms with E-state index in [9.17, 15) is 18.8 Å². The van der Waals surface area contributed by atoms with Gasteiger partial charge in [0.15, 0.2) is 0 Å². The SMILES string of the molecule is COC(=O)c1ccc(/C=N\NC(=O)[C@@H]2CC(=O)N(c3ccc(F)cc3)C2)cc1. The minimum atomic E-state index is -0.545. The Bertz CT molecular complexity index is 910. The molecule has 1 aliphatic rings. The molecule has 0 aromatic heterocycles. The molecule has 0 unspecified atom stereocenters. The number of carbonyl (C=O) groups excluding carboxylic acids is 3. The number of carbonyl (C=O) groups is 3. The molecule has 28 heavy (non-hydrogen) atoms. The zero-order valence-electron chi connectivity index (χ0n) is 15.1. The average molecular weight is 383 g/mol. The number of nitrogens with zero attached hydrogens (tertiary/aromatic N) is 2. The molecule has 1 heterocycles. The smallest absolute Gasteiger partial charge is 0.337 e. The van der Waals surface area contributed by atoms with E-state index in [4.69, 9.17) is 0 Å². The molecule has 1 saturated heterocycles. The molecule has 1 N–H and O–H groups in total. The first-order valence-corrected chi connectivity index (χ1v) is 8.55. The third-order valence-corrected chi connectivity index (χ3v) is 4.35. The first-order chi connectivity index (χ1) is 13.5. The molecule has 2 aromatic carbocycles. The second kappa shape index (κ2) is 8.43. The predicted molar refractivity (Wildman–Crippen MR) is 100 cm³/mol. The number of hydrazone groups is 1. The van der Waals surface area contributed by atoms with Gasteiger partial charge in [-0.05, 0) is 42.0 Å². The second-order valence-electron chi connectivity index (χ2n) is 6.23. The van der Waals surface area contributed by atoms with Crippen LogP contribution >= 0.6 is 0 Å². The summed E-state index contributed by atoms with van der Waals surface area (Å²) in [4.78, 5) is 37.3. The number of amides is 2. The molecule has 8 heteroatoms. The van der Waals surface area contributed by atoms with Crippen LogP contribution in [0.1, 0.15) is 22.3 Å². The van der Waals surface area contributed by atoms with Crippen LogP contribution in [-0.4, -0.2) is 37.7 Å². The van der Waals surface area contributed by atoms with E-state index in [1.54, 1.807) is 24.3 Å². The molecule has 2 aromatic rings. The lowest BCUT2D eigenvalue weighted by atomic mass is 10.1. The molecule has 0 aliphatic carbocycles. The highest BCUT2D eigenvalue weighted by Crippen LogP contribution is 2.25. The van der Waals surface area contributed by atoms with Gasteiger partial charge in [0, 0.05) is 18.7 Å². The summed E-state index contributed by atoms with van der Waals surface area (Å²) in [5.74, 6) is -1.95. The first kappa shape index (κ1) is 19.2. The van der Waals surface area contributed by atoms with Gasteiger partial charge in [-0.1, -0.05) is 12.1 Å². The summed E-state index contributed by atoms with van der Waals surface area (Å²) in [6.45, 7) is 0.208. The van der Waals surface area contributed by atoms with E-state index in [1.807, 2.05) is 0 Å². The highest BCUT2D eigenvalue weighted by molar-refractivity contribution is 6.00. The number of methoxy groups -OCH3 is 1. The molecular formula is C20H18FN3O4. The molecule has 3 rings (SSSR count). The Morgan fingerprint density at radius 1 is 1.18 bits per heavy atom. The molecule has 2 amide bonds. The zero-order chi connectivity index (χ0) is 20.1. The third-order valence-electron chi connectivity index (χ3n) is 4.35. The van der Waals surface area contributed by atoms with Gasteiger partial charge in [0.1, 0.15) is 5.82 Å². The first-order valence-electron chi connectivity index (χ1n) is 8.55. The quantitative estimate of drug-likeness (QED) is 0.487. The molecular weight excluding hydrogens is 365 g/mol. The van der Waals surface area contributed by atoms with Crippen molar-refractivity contribution in [3.8, 4) is 0 Å². The molecule has 0 radical (unpaired) electrons. The van der Waals surface area contributed by atoms with Gasteiger partial charge < -0.3 is 9.64 Å². The molecule has 7 nitrogen and oxygen atoms in total. The van der Waals surface area contributed by atoms with Crippen molar-refractivity contribution in [2.24, 2.45) is 11.0 Å². The molecule has 0 saturated carbocycles. The standard InChI is InChI=1S/C20H18FN3O4/c1-28-20(27)14-4-2-13(3-5-14)11-22-23-19(26)15-10-18(25)24(12-15)17-8-6-16(21)7-9-17/h2-9,11,15H,10,12H2,1H3,(H,23,26)/b22-11-/t15-/m1/s1. The second-order valence-corrected chi connectivity index (χ2v) is 6.23. The Hall–Kier alpha value is -3.55. The number of halogens is 1. The number of rotatable bonds is 5. The Labute approximate surface area is 160 Å². The van der Waals surface area contributed by atoms with Crippen LogP contribution in [0.5, 0.6) is 0 Å². The summed E-state index contributed by atoms with van der Waals surface area (Å²) in [6.07, 6.45) is 1.50. The van der Waals surface area contributed by atoms with E-state index in [0.717, 1.165) is 0 Å². The highest BCUT2D eigenvalue weighted by atomic mass is 19.1. The minimum Gasteiger partial charge on any atom is -0.465 e. The Balaban J connectivity index is 1.56. The normalized spacial score (nSPS) is 16.4. The Morgan fingerprint density at radius 2 is 1.86 bits per heavy atom. The maximum absolute atomic E-state index is 13.0. The van der Waals surface area contributed by atoms with E-state index in [2.05, 4.69) is 15.3 Å². The summed E-state index contributed by atoms with van der Waals surface area (Å²) in [7, 11) is 1.30. The largest absolute Gasteiger partial charge is 0.465 e. The summed E-state index contributed by atoms with van der Waals surface area (Å²) < 4.78 is 17.6. The van der Waals surface area contributed by atoms with Crippen molar-refractivity contribution in [3.63, 3.8) is 0 Å². The van der Waals surface area contributed by atoms with E-state index < -0.39 is 17.7 Å². The topological polar surface area (TPSA) is 88.1 Å². The summed E-state index contributed by atoms with van der Waals surface area (Å²) in [5.41, 5.74) is 4.07. The van der Waals surface area contributed by atoms with Crippen molar-refractivity contribution in [2.45, 2.75) is 6.42 Å². The monoisotopic (exact) mass is 383 g/mol. The van der Waals surface area contributed by atoms with Crippen molar-refractivity contribution in [1.29, 1.82) is 0 Å². The van der Waals surface area contributed by atoms with Crippen molar-refractivity contribution in [1.82, 2.24) is 5.43 Å². The van der Waals surface area contributed by atoms with Gasteiger partial charge >= 0.3 is 5.97 Å². The minimum absolute atomic E-state index is 0.0621. The average Bonchev–Trinajstić information content (AvgIpc) is 3.10. The summed E-state index contributed by atoms with van der Waals surface area (Å²) in [5, 5.41) is 3.90. The highest BCUT2D eigenvalue weighted by Gasteiger charge is 2.35. The van der Waals surface area contributed by atoms with Gasteiger partial charge in [-0.3, -0.25) is 9.59 Å². The van der Waals surface area contributed by atoms with E-state index in [1.165, 1.54) is 42.5 Å². The van der Waals surface area contributed by atoms with Gasteiger partial charge in [-0.25, -0.2) is 14.6 Å². The molecule has 1 atom stereocenters. The maximum Gasteiger partial charge on any atom is 0.337 e. The number of nitrogens with one attached hydrogen (secondary N) is 1. The van der Waals surface area contributed by atoms with Crippen LogP contribution in [0.4, 0.5) is 10.1 Å². The lowest BCUT2D eigenvalue weighted by molar-refractivity contribution is -0.126. The zero-order valence-corrected chi connectivity index (χ0v) is 15.1. The number of benzene rings is 2. The number of ether oxygens (including phenoxy) is 1. The van der Waals surface area contributed by atoms with Crippen molar-refractivity contribution >= 4 is 29.7 Å². The predicted octanol–water partition coefficient (Wildman–Crippen LogP) is 2.12. The van der Waals surface area contributed by atoms with Gasteiger partial charge in [-0.2, -0.15) is 5.10 Å². The van der Waals surface area contributed by atoms with Crippen LogP contribution in [0, 0.1) is 11.7 Å². The van der Waals surface area contributed by atoms with Crippen LogP contribution in [0.3, 0.4) is 0 Å². The molecule has 1 aliphatic heterocycles. The lowest BCUT2D eigenvalue weighted by Gasteiger charge is -2.16. The number of hydrogen-bond donors (Lipinski definition) is 1. The van der Waals surface area contributed by atoms with Crippen molar-refractivity contribution in [3.05, 3.63) is 65.5 Å². The number of anilines is 1.